The van der Waals surface area contributed by atoms with E-state index in [1.807, 2.05) is 0 Å². The van der Waals surface area contributed by atoms with Gasteiger partial charge in [-0.3, -0.25) is 0 Å². The summed E-state index contributed by atoms with van der Waals surface area (Å²) in [5, 5.41) is 0. The molecular formula is H11CrN2O8P. The third kappa shape index (κ3) is 122000. The topological polar surface area (TPSA) is 231 Å². The number of hydrogen-bond donors (Lipinski definition) is 5. The molecule has 0 aliphatic carbocycles. The Balaban J connectivity index is -0.0000000457. The predicted octanol–water partition coefficient (Wildman–Crippen LogP) is -2.79. The Morgan fingerprint density at radius 2 is 1.08 bits per heavy atom. The van der Waals surface area contributed by atoms with Crippen LogP contribution in [0.4, 0.5) is 0 Å². The molecule has 0 fully saturated rings. The predicted molar refractivity (Wildman–Crippen MR) is 27.6 cm³/mol. The van der Waals surface area contributed by atoms with Gasteiger partial charge in [-0.2, -0.15) is 0 Å². The van der Waals surface area contributed by atoms with Gasteiger partial charge in [0.1, 0.15) is 0 Å². The van der Waals surface area contributed by atoms with Gasteiger partial charge in [-0.25, -0.2) is 0 Å². The van der Waals surface area contributed by atoms with Crippen LogP contribution in [0.15, 0.2) is 0 Å². The van der Waals surface area contributed by atoms with Crippen LogP contribution in [-0.4, -0.2) is 13.2 Å². The van der Waals surface area contributed by atoms with E-state index in [1.165, 1.54) is 0 Å². The number of quaternary nitrogens is 2. The van der Waals surface area contributed by atoms with Crippen molar-refractivity contribution in [2.75, 3.05) is 0 Å². The number of rotatable bonds is 0. The van der Waals surface area contributed by atoms with E-state index in [1.54, 1.807) is 0 Å². The Morgan fingerprint density at radius 3 is 1.08 bits per heavy atom. The summed E-state index contributed by atoms with van der Waals surface area (Å²) in [6, 6.07) is 0. The van der Waals surface area contributed by atoms with Crippen molar-refractivity contribution in [3.05, 3.63) is 0 Å². The van der Waals surface area contributed by atoms with Gasteiger partial charge in [0.25, 0.3) is 0 Å². The molecule has 80 valence electrons. The molecule has 11 N–H and O–H groups in total. The zero-order valence-corrected chi connectivity index (χ0v) is 8.41. The van der Waals surface area contributed by atoms with Crippen LogP contribution in [0.5, 0.6) is 0 Å². The van der Waals surface area contributed by atoms with Crippen molar-refractivity contribution in [1.29, 1.82) is 0 Å². The zero-order valence-electron chi connectivity index (χ0n) is 6.24. The van der Waals surface area contributed by atoms with E-state index >= 15 is 0 Å². The van der Waals surface area contributed by atoms with E-state index in [0.717, 1.165) is 0 Å². The van der Waals surface area contributed by atoms with Crippen molar-refractivity contribution in [2.24, 2.45) is 0 Å². The van der Waals surface area contributed by atoms with Gasteiger partial charge >= 0.3 is 29.5 Å². The summed E-state index contributed by atoms with van der Waals surface area (Å²) in [5.41, 5.74) is 0. The second-order valence-electron chi connectivity index (χ2n) is 0.916. The summed E-state index contributed by atoms with van der Waals surface area (Å²) in [4.78, 5) is 24.3. The fourth-order valence-electron chi connectivity index (χ4n) is 0. The van der Waals surface area contributed by atoms with E-state index in [2.05, 4.69) is 0 Å². The molecule has 0 aliphatic heterocycles. The van der Waals surface area contributed by atoms with Crippen LogP contribution in [-0.2, 0) is 25.8 Å². The summed E-state index contributed by atoms with van der Waals surface area (Å²) in [5.74, 6) is 0. The van der Waals surface area contributed by atoms with E-state index in [-0.39, 0.29) is 12.3 Å². The molecule has 0 unspecified atom stereocenters. The molecule has 0 aromatic rings. The molecule has 0 heterocycles. The van der Waals surface area contributed by atoms with Gasteiger partial charge in [-0.05, 0) is 0 Å². The van der Waals surface area contributed by atoms with Gasteiger partial charge in [0.2, 0.25) is 0 Å². The molecule has 0 aliphatic rings. The van der Waals surface area contributed by atoms with E-state index in [0.29, 0.717) is 0 Å². The minimum absolute atomic E-state index is 0. The Bertz CT molecular complexity index is 195. The Kier molecular flexibility index (Phi) is 14.6. The average Bonchev–Trinajstić information content (AvgIpc) is 1.12. The summed E-state index contributed by atoms with van der Waals surface area (Å²) < 4.78 is 40.5. The molecule has 0 amide bonds. The maximum absolute atomic E-state index is 8.82. The molecular weight excluding hydrogens is 239 g/mol. The Hall–Kier alpha value is 0.0825. The normalized spacial score (nSPS) is 9.75. The monoisotopic (exact) mass is 250 g/mol. The van der Waals surface area contributed by atoms with Crippen LogP contribution >= 0.6 is 7.82 Å². The summed E-state index contributed by atoms with van der Waals surface area (Å²) in [6.07, 6.45) is 0. The van der Waals surface area contributed by atoms with Crippen LogP contribution in [0.1, 0.15) is 0 Å². The van der Waals surface area contributed by atoms with Crippen LogP contribution in [0.3, 0.4) is 0 Å². The quantitative estimate of drug-likeness (QED) is 0.281. The maximum atomic E-state index is 8.82. The number of phosphoric acid groups is 1. The van der Waals surface area contributed by atoms with Crippen LogP contribution < -0.4 is 22.1 Å². The summed E-state index contributed by atoms with van der Waals surface area (Å²) >= 11 is -5.25. The van der Waals surface area contributed by atoms with Crippen molar-refractivity contribution >= 4 is 7.82 Å². The Labute approximate surface area is 69.6 Å². The standard InChI is InChI=1S/Cr.2H3N.H3O4P.2H2O.2O/c;;;1-5(2,3)4;;;;/h;2*1H3;(H3,1,2,3,4);2*1H2;;/q+2;;;;;;;/p-2. The second kappa shape index (κ2) is 7.72. The van der Waals surface area contributed by atoms with Gasteiger partial charge in [-0.15, -0.1) is 0 Å². The molecule has 0 bridgehead atoms. The fourth-order valence-corrected chi connectivity index (χ4v) is 0. The first kappa shape index (κ1) is 22.7. The van der Waals surface area contributed by atoms with Gasteiger partial charge < -0.3 is 31.5 Å². The van der Waals surface area contributed by atoms with E-state index in [4.69, 9.17) is 35.2 Å². The number of hydrogen-bond acceptors (Lipinski definition) is 5. The molecule has 12 heteroatoms. The van der Waals surface area contributed by atoms with Gasteiger partial charge in [-0.1, -0.05) is 0 Å². The first-order valence-corrected chi connectivity index (χ1v) is 5.12. The molecule has 0 aromatic heterocycles. The molecule has 0 saturated carbocycles. The van der Waals surface area contributed by atoms with Crippen LogP contribution in [0.2, 0.25) is 0 Å². The fraction of sp³-hybridized carbons (Fsp3) is 0. The third-order valence-corrected chi connectivity index (χ3v) is 0. The van der Waals surface area contributed by atoms with Crippen LogP contribution in [0, 0.1) is 0 Å². The van der Waals surface area contributed by atoms with Crippen LogP contribution in [0.25, 0.3) is 0 Å². The van der Waals surface area contributed by atoms with Gasteiger partial charge in [0.15, 0.2) is 0 Å². The van der Waals surface area contributed by atoms with Crippen molar-refractivity contribution in [1.82, 2.24) is 12.3 Å². The third-order valence-electron chi connectivity index (χ3n) is 0. The molecule has 12 heavy (non-hydrogen) atoms. The first-order chi connectivity index (χ1) is 4.00. The molecule has 0 radical (unpaired) electrons. The van der Waals surface area contributed by atoms with Crippen molar-refractivity contribution in [3.8, 4) is 0 Å². The summed E-state index contributed by atoms with van der Waals surface area (Å²) in [6.45, 7) is 0. The van der Waals surface area contributed by atoms with Crippen molar-refractivity contribution in [3.63, 3.8) is 0 Å². The molecule has 10 nitrogen and oxygen atoms in total. The van der Waals surface area contributed by atoms with Crippen molar-refractivity contribution < 1.29 is 48.8 Å². The SMILES string of the molecule is O=P([O-])([O-])O.[NH4+].[NH4+].[O]=[Cr](=[O])([OH])[OH]. The van der Waals surface area contributed by atoms with E-state index in [9.17, 15) is 0 Å². The van der Waals surface area contributed by atoms with Gasteiger partial charge in [0, 0.05) is 0 Å². The first-order valence-electron chi connectivity index (χ1n) is 1.45. The minimum atomic E-state index is -5.25. The zero-order chi connectivity index (χ0) is 9.00. The van der Waals surface area contributed by atoms with E-state index < -0.39 is 21.4 Å². The molecule has 0 saturated heterocycles. The van der Waals surface area contributed by atoms with Gasteiger partial charge in [0.05, 0.1) is 7.82 Å². The second-order valence-corrected chi connectivity index (χ2v) is 3.25. The molecule has 0 atom stereocenters. The van der Waals surface area contributed by atoms with Crippen molar-refractivity contribution in [2.45, 2.75) is 0 Å². The molecule has 0 spiro atoms. The average molecular weight is 250 g/mol. The Morgan fingerprint density at radius 1 is 1.08 bits per heavy atom. The molecule has 0 aromatic carbocycles. The summed E-state index contributed by atoms with van der Waals surface area (Å²) in [7, 11) is -5.14. The molecule has 0 rings (SSSR count).